The summed E-state index contributed by atoms with van der Waals surface area (Å²) in [7, 11) is 0. The van der Waals surface area contributed by atoms with Crippen molar-refractivity contribution in [2.75, 3.05) is 13.1 Å². The van der Waals surface area contributed by atoms with Crippen LogP contribution in [0.15, 0.2) is 53.5 Å². The first-order valence-electron chi connectivity index (χ1n) is 9.21. The zero-order chi connectivity index (χ0) is 19.3. The van der Waals surface area contributed by atoms with E-state index in [1.165, 1.54) is 0 Å². The van der Waals surface area contributed by atoms with Gasteiger partial charge < -0.3 is 9.88 Å². The van der Waals surface area contributed by atoms with Gasteiger partial charge in [0.1, 0.15) is 11.3 Å². The van der Waals surface area contributed by atoms with E-state index < -0.39 is 0 Å². The first-order chi connectivity index (χ1) is 13.6. The van der Waals surface area contributed by atoms with Crippen LogP contribution in [0.2, 0.25) is 5.02 Å². The molecule has 5 rings (SSSR count). The Bertz CT molecular complexity index is 1270. The van der Waals surface area contributed by atoms with Crippen LogP contribution in [0.5, 0.6) is 0 Å². The second-order valence-electron chi connectivity index (χ2n) is 6.97. The summed E-state index contributed by atoms with van der Waals surface area (Å²) in [4.78, 5) is 34.6. The minimum atomic E-state index is -0.260. The molecule has 1 saturated heterocycles. The number of H-pyrrole nitrogens is 1. The van der Waals surface area contributed by atoms with Gasteiger partial charge in [0, 0.05) is 18.7 Å². The molecular formula is C21H17ClN4O2. The number of hydrogen-bond acceptors (Lipinski definition) is 3. The van der Waals surface area contributed by atoms with E-state index in [0.29, 0.717) is 33.0 Å². The van der Waals surface area contributed by atoms with Crippen LogP contribution < -0.4 is 5.56 Å². The second kappa shape index (κ2) is 6.49. The number of likely N-dealkylation sites (tertiary alicyclic amines) is 1. The SMILES string of the molecule is O=C(c1cc2[nH]c(=O)c3cnc(-c4ccccc4)n3c2cc1Cl)N1CCCC1. The van der Waals surface area contributed by atoms with Gasteiger partial charge in [0.2, 0.25) is 0 Å². The minimum absolute atomic E-state index is 0.0979. The van der Waals surface area contributed by atoms with Gasteiger partial charge in [-0.3, -0.25) is 14.0 Å². The summed E-state index contributed by atoms with van der Waals surface area (Å²) in [5.74, 6) is 0.556. The van der Waals surface area contributed by atoms with Crippen molar-refractivity contribution < 1.29 is 4.79 Å². The summed E-state index contributed by atoms with van der Waals surface area (Å²) in [6.07, 6.45) is 3.56. The van der Waals surface area contributed by atoms with E-state index in [9.17, 15) is 9.59 Å². The first-order valence-corrected chi connectivity index (χ1v) is 9.59. The number of benzene rings is 2. The third-order valence-corrected chi connectivity index (χ3v) is 5.54. The molecule has 0 aliphatic carbocycles. The summed E-state index contributed by atoms with van der Waals surface area (Å²) < 4.78 is 1.79. The van der Waals surface area contributed by atoms with Crippen LogP contribution in [0.3, 0.4) is 0 Å². The Kier molecular flexibility index (Phi) is 3.94. The van der Waals surface area contributed by atoms with Crippen molar-refractivity contribution in [3.8, 4) is 11.4 Å². The lowest BCUT2D eigenvalue weighted by molar-refractivity contribution is 0.0793. The molecule has 0 saturated carbocycles. The third-order valence-electron chi connectivity index (χ3n) is 5.22. The Morgan fingerprint density at radius 3 is 2.57 bits per heavy atom. The van der Waals surface area contributed by atoms with Gasteiger partial charge in [-0.1, -0.05) is 41.9 Å². The molecule has 4 aromatic rings. The number of nitrogens with one attached hydrogen (secondary N) is 1. The Morgan fingerprint density at radius 2 is 1.82 bits per heavy atom. The number of nitrogens with zero attached hydrogens (tertiary/aromatic N) is 3. The Balaban J connectivity index is 1.76. The lowest BCUT2D eigenvalue weighted by Gasteiger charge is -2.17. The number of amides is 1. The molecule has 28 heavy (non-hydrogen) atoms. The molecule has 7 heteroatoms. The molecule has 0 spiro atoms. The van der Waals surface area contributed by atoms with Crippen LogP contribution in [0.4, 0.5) is 0 Å². The van der Waals surface area contributed by atoms with Crippen LogP contribution in [0, 0.1) is 0 Å². The average Bonchev–Trinajstić information content (AvgIpc) is 3.39. The molecular weight excluding hydrogens is 376 g/mol. The molecule has 1 N–H and O–H groups in total. The van der Waals surface area contributed by atoms with E-state index in [1.54, 1.807) is 27.6 Å². The van der Waals surface area contributed by atoms with Crippen molar-refractivity contribution in [2.24, 2.45) is 0 Å². The Labute approximate surface area is 165 Å². The van der Waals surface area contributed by atoms with Crippen molar-refractivity contribution in [1.29, 1.82) is 0 Å². The average molecular weight is 393 g/mol. The van der Waals surface area contributed by atoms with E-state index in [1.807, 2.05) is 30.3 Å². The predicted octanol–water partition coefficient (Wildman–Crippen LogP) is 3.73. The van der Waals surface area contributed by atoms with Crippen LogP contribution in [-0.2, 0) is 0 Å². The molecule has 1 aliphatic heterocycles. The standard InChI is InChI=1S/C21H17ClN4O2/c22-15-11-17-16(10-14(15)21(28)25-8-4-5-9-25)24-20(27)18-12-23-19(26(17)18)13-6-2-1-3-7-13/h1-3,6-7,10-12H,4-5,8-9H2,(H,24,27). The predicted molar refractivity (Wildman–Crippen MR) is 109 cm³/mol. The number of halogens is 1. The fourth-order valence-electron chi connectivity index (χ4n) is 3.84. The molecule has 3 heterocycles. The molecule has 1 aliphatic rings. The minimum Gasteiger partial charge on any atom is -0.339 e. The first kappa shape index (κ1) is 17.0. The fourth-order valence-corrected chi connectivity index (χ4v) is 4.07. The third kappa shape index (κ3) is 2.60. The largest absolute Gasteiger partial charge is 0.339 e. The number of aromatic nitrogens is 3. The van der Waals surface area contributed by atoms with Gasteiger partial charge in [-0.25, -0.2) is 4.98 Å². The molecule has 140 valence electrons. The molecule has 0 bridgehead atoms. The highest BCUT2D eigenvalue weighted by Gasteiger charge is 2.23. The van der Waals surface area contributed by atoms with Crippen LogP contribution in [-0.4, -0.2) is 38.3 Å². The monoisotopic (exact) mass is 392 g/mol. The molecule has 0 radical (unpaired) electrons. The quantitative estimate of drug-likeness (QED) is 0.565. The van der Waals surface area contributed by atoms with Gasteiger partial charge in [-0.05, 0) is 25.0 Å². The zero-order valence-electron chi connectivity index (χ0n) is 15.0. The molecule has 6 nitrogen and oxygen atoms in total. The number of carbonyl (C=O) groups is 1. The molecule has 2 aromatic carbocycles. The van der Waals surface area contributed by atoms with Gasteiger partial charge in [-0.15, -0.1) is 0 Å². The fraction of sp³-hybridized carbons (Fsp3) is 0.190. The summed E-state index contributed by atoms with van der Waals surface area (Å²) >= 11 is 6.51. The van der Waals surface area contributed by atoms with Crippen LogP contribution >= 0.6 is 11.6 Å². The Morgan fingerprint density at radius 1 is 1.07 bits per heavy atom. The van der Waals surface area contributed by atoms with E-state index in [0.717, 1.165) is 31.5 Å². The lowest BCUT2D eigenvalue weighted by Crippen LogP contribution is -2.28. The summed E-state index contributed by atoms with van der Waals surface area (Å²) in [6, 6.07) is 13.1. The normalized spacial score (nSPS) is 14.2. The summed E-state index contributed by atoms with van der Waals surface area (Å²) in [5, 5.41) is 0.366. The van der Waals surface area contributed by atoms with Crippen LogP contribution in [0.25, 0.3) is 27.9 Å². The zero-order valence-corrected chi connectivity index (χ0v) is 15.7. The van der Waals surface area contributed by atoms with E-state index in [4.69, 9.17) is 11.6 Å². The Hall–Kier alpha value is -3.12. The van der Waals surface area contributed by atoms with Gasteiger partial charge in [0.05, 0.1) is 27.8 Å². The lowest BCUT2D eigenvalue weighted by atomic mass is 10.1. The number of imidazole rings is 1. The van der Waals surface area contributed by atoms with Crippen molar-refractivity contribution in [2.45, 2.75) is 12.8 Å². The van der Waals surface area contributed by atoms with Gasteiger partial charge in [0.25, 0.3) is 11.5 Å². The highest BCUT2D eigenvalue weighted by atomic mass is 35.5. The number of aromatic amines is 1. The molecule has 1 fully saturated rings. The van der Waals surface area contributed by atoms with Crippen molar-refractivity contribution in [3.05, 3.63) is 69.6 Å². The molecule has 0 atom stereocenters. The molecule has 1 amide bonds. The van der Waals surface area contributed by atoms with E-state index in [2.05, 4.69) is 9.97 Å². The van der Waals surface area contributed by atoms with Crippen molar-refractivity contribution in [3.63, 3.8) is 0 Å². The molecule has 2 aromatic heterocycles. The number of carbonyl (C=O) groups excluding carboxylic acids is 1. The topological polar surface area (TPSA) is 70.5 Å². The smallest absolute Gasteiger partial charge is 0.274 e. The molecule has 0 unspecified atom stereocenters. The van der Waals surface area contributed by atoms with Crippen molar-refractivity contribution >= 4 is 34.1 Å². The maximum absolute atomic E-state index is 12.8. The van der Waals surface area contributed by atoms with Gasteiger partial charge in [0.15, 0.2) is 0 Å². The number of hydrogen-bond donors (Lipinski definition) is 1. The maximum Gasteiger partial charge on any atom is 0.274 e. The van der Waals surface area contributed by atoms with E-state index >= 15 is 0 Å². The number of fused-ring (bicyclic) bond motifs is 3. The number of rotatable bonds is 2. The second-order valence-corrected chi connectivity index (χ2v) is 7.38. The maximum atomic E-state index is 12.8. The highest BCUT2D eigenvalue weighted by Crippen LogP contribution is 2.28. The van der Waals surface area contributed by atoms with E-state index in [-0.39, 0.29) is 11.5 Å². The summed E-state index contributed by atoms with van der Waals surface area (Å²) in [5.41, 5.74) is 2.73. The van der Waals surface area contributed by atoms with Gasteiger partial charge in [-0.2, -0.15) is 0 Å². The van der Waals surface area contributed by atoms with Gasteiger partial charge >= 0.3 is 0 Å². The summed E-state index contributed by atoms with van der Waals surface area (Å²) in [6.45, 7) is 1.48. The van der Waals surface area contributed by atoms with Crippen LogP contribution in [0.1, 0.15) is 23.2 Å². The highest BCUT2D eigenvalue weighted by molar-refractivity contribution is 6.34. The van der Waals surface area contributed by atoms with Crippen molar-refractivity contribution in [1.82, 2.24) is 19.3 Å².